The van der Waals surface area contributed by atoms with Gasteiger partial charge < -0.3 is 10.1 Å². The first-order valence-electron chi connectivity index (χ1n) is 7.58. The number of para-hydroxylation sites is 1. The zero-order chi connectivity index (χ0) is 16.6. The van der Waals surface area contributed by atoms with Crippen LogP contribution in [0.5, 0.6) is 0 Å². The highest BCUT2D eigenvalue weighted by molar-refractivity contribution is 5.95. The number of hydrogen-bond acceptors (Lipinski definition) is 1. The van der Waals surface area contributed by atoms with Crippen molar-refractivity contribution in [2.24, 2.45) is 0 Å². The average Bonchev–Trinajstić information content (AvgIpc) is 2.86. The fraction of sp³-hybridized carbons (Fsp3) is 0.211. The van der Waals surface area contributed by atoms with Crippen LogP contribution < -0.4 is 0 Å². The molecule has 0 amide bonds. The summed E-state index contributed by atoms with van der Waals surface area (Å²) in [5, 5.41) is 10.2. The van der Waals surface area contributed by atoms with Crippen molar-refractivity contribution in [3.63, 3.8) is 0 Å². The minimum atomic E-state index is -0.885. The molecule has 0 radical (unpaired) electrons. The molecule has 0 unspecified atom stereocenters. The van der Waals surface area contributed by atoms with E-state index in [1.54, 1.807) is 12.1 Å². The van der Waals surface area contributed by atoms with Crippen molar-refractivity contribution < 1.29 is 14.3 Å². The van der Waals surface area contributed by atoms with Gasteiger partial charge in [-0.25, -0.2) is 4.39 Å². The van der Waals surface area contributed by atoms with E-state index in [0.29, 0.717) is 5.92 Å². The molecule has 0 aliphatic heterocycles. The summed E-state index contributed by atoms with van der Waals surface area (Å²) in [6, 6.07) is 12.0. The first-order chi connectivity index (χ1) is 11.0. The first kappa shape index (κ1) is 15.3. The van der Waals surface area contributed by atoms with Gasteiger partial charge in [-0.3, -0.25) is 4.79 Å². The van der Waals surface area contributed by atoms with Crippen molar-refractivity contribution in [3.8, 4) is 11.3 Å². The van der Waals surface area contributed by atoms with Gasteiger partial charge in [0.25, 0.3) is 0 Å². The predicted octanol–water partition coefficient (Wildman–Crippen LogP) is 4.72. The Morgan fingerprint density at radius 2 is 1.87 bits per heavy atom. The van der Waals surface area contributed by atoms with Gasteiger partial charge in [0.2, 0.25) is 0 Å². The van der Waals surface area contributed by atoms with Gasteiger partial charge in [0.1, 0.15) is 5.82 Å². The molecule has 1 aromatic heterocycles. The Hall–Kier alpha value is -2.62. The van der Waals surface area contributed by atoms with Crippen LogP contribution in [0, 0.1) is 5.82 Å². The van der Waals surface area contributed by atoms with Crippen LogP contribution in [0.4, 0.5) is 4.39 Å². The van der Waals surface area contributed by atoms with E-state index in [9.17, 15) is 14.3 Å². The highest BCUT2D eigenvalue weighted by Crippen LogP contribution is 2.34. The number of carboxylic acids is 1. The van der Waals surface area contributed by atoms with Crippen molar-refractivity contribution in [3.05, 3.63) is 59.4 Å². The molecule has 3 aromatic rings. The summed E-state index contributed by atoms with van der Waals surface area (Å²) < 4.78 is 13.2. The summed E-state index contributed by atoms with van der Waals surface area (Å²) in [5.74, 6) is -0.882. The minimum absolute atomic E-state index is 0.0751. The van der Waals surface area contributed by atoms with E-state index >= 15 is 0 Å². The Morgan fingerprint density at radius 1 is 1.17 bits per heavy atom. The van der Waals surface area contributed by atoms with Gasteiger partial charge in [0.05, 0.1) is 12.1 Å². The highest BCUT2D eigenvalue weighted by Gasteiger charge is 2.18. The zero-order valence-corrected chi connectivity index (χ0v) is 13.1. The van der Waals surface area contributed by atoms with Gasteiger partial charge in [0, 0.05) is 10.9 Å². The molecule has 118 valence electrons. The van der Waals surface area contributed by atoms with Gasteiger partial charge in [-0.05, 0) is 46.9 Å². The third-order valence-corrected chi connectivity index (χ3v) is 4.06. The van der Waals surface area contributed by atoms with E-state index < -0.39 is 5.97 Å². The van der Waals surface area contributed by atoms with Crippen LogP contribution in [0.1, 0.15) is 30.9 Å². The fourth-order valence-corrected chi connectivity index (χ4v) is 2.98. The Bertz CT molecular complexity index is 863. The number of aliphatic carboxylic acids is 1. The topological polar surface area (TPSA) is 53.1 Å². The van der Waals surface area contributed by atoms with Crippen LogP contribution in [0.3, 0.4) is 0 Å². The minimum Gasteiger partial charge on any atom is -0.481 e. The second-order valence-electron chi connectivity index (χ2n) is 5.98. The molecule has 0 saturated heterocycles. The predicted molar refractivity (Wildman–Crippen MR) is 89.1 cm³/mol. The Balaban J connectivity index is 2.29. The lowest BCUT2D eigenvalue weighted by atomic mass is 9.98. The Morgan fingerprint density at radius 3 is 2.48 bits per heavy atom. The highest BCUT2D eigenvalue weighted by atomic mass is 19.1. The van der Waals surface area contributed by atoms with Gasteiger partial charge in [-0.2, -0.15) is 0 Å². The van der Waals surface area contributed by atoms with Crippen LogP contribution in [0.25, 0.3) is 22.2 Å². The molecule has 23 heavy (non-hydrogen) atoms. The lowest BCUT2D eigenvalue weighted by Gasteiger charge is -2.06. The monoisotopic (exact) mass is 311 g/mol. The molecule has 0 spiro atoms. The second-order valence-corrected chi connectivity index (χ2v) is 5.98. The van der Waals surface area contributed by atoms with Crippen LogP contribution in [0.15, 0.2) is 42.5 Å². The molecule has 3 nitrogen and oxygen atoms in total. The molecule has 3 rings (SSSR count). The van der Waals surface area contributed by atoms with Crippen LogP contribution in [0.2, 0.25) is 0 Å². The Kier molecular flexibility index (Phi) is 3.90. The van der Waals surface area contributed by atoms with E-state index in [0.717, 1.165) is 33.3 Å². The summed E-state index contributed by atoms with van der Waals surface area (Å²) >= 11 is 0. The fourth-order valence-electron chi connectivity index (χ4n) is 2.98. The summed E-state index contributed by atoms with van der Waals surface area (Å²) in [6.45, 7) is 4.20. The molecular formula is C19H18FNO2. The lowest BCUT2D eigenvalue weighted by molar-refractivity contribution is -0.136. The van der Waals surface area contributed by atoms with Crippen LogP contribution in [-0.2, 0) is 11.2 Å². The van der Waals surface area contributed by atoms with Crippen LogP contribution >= 0.6 is 0 Å². The third-order valence-electron chi connectivity index (χ3n) is 4.06. The SMILES string of the molecule is CC(C)c1cccc2c(CC(=O)O)c(-c3ccc(F)cc3)[nH]c12. The van der Waals surface area contributed by atoms with E-state index in [1.165, 1.54) is 12.1 Å². The van der Waals surface area contributed by atoms with Crippen molar-refractivity contribution in [1.82, 2.24) is 4.98 Å². The van der Waals surface area contributed by atoms with Crippen LogP contribution in [-0.4, -0.2) is 16.1 Å². The van der Waals surface area contributed by atoms with Crippen molar-refractivity contribution in [2.75, 3.05) is 0 Å². The smallest absolute Gasteiger partial charge is 0.307 e. The maximum absolute atomic E-state index is 13.2. The number of carbonyl (C=O) groups is 1. The molecule has 0 atom stereocenters. The molecule has 4 heteroatoms. The molecule has 0 saturated carbocycles. The Labute approximate surface area is 133 Å². The van der Waals surface area contributed by atoms with E-state index in [2.05, 4.69) is 18.8 Å². The van der Waals surface area contributed by atoms with Gasteiger partial charge >= 0.3 is 5.97 Å². The number of H-pyrrole nitrogens is 1. The number of nitrogens with one attached hydrogen (secondary N) is 1. The maximum atomic E-state index is 13.2. The van der Waals surface area contributed by atoms with Crippen molar-refractivity contribution in [1.29, 1.82) is 0 Å². The first-order valence-corrected chi connectivity index (χ1v) is 7.58. The molecule has 1 heterocycles. The number of fused-ring (bicyclic) bond motifs is 1. The van der Waals surface area contributed by atoms with E-state index in [4.69, 9.17) is 0 Å². The molecule has 0 fully saturated rings. The number of aromatic nitrogens is 1. The number of rotatable bonds is 4. The van der Waals surface area contributed by atoms with E-state index in [1.807, 2.05) is 18.2 Å². The summed E-state index contributed by atoms with van der Waals surface area (Å²) in [5.41, 5.74) is 4.37. The van der Waals surface area contributed by atoms with Gasteiger partial charge in [-0.15, -0.1) is 0 Å². The summed E-state index contributed by atoms with van der Waals surface area (Å²) in [6.07, 6.45) is -0.0751. The third kappa shape index (κ3) is 2.84. The molecule has 0 aliphatic carbocycles. The quantitative estimate of drug-likeness (QED) is 0.732. The maximum Gasteiger partial charge on any atom is 0.307 e. The molecule has 2 N–H and O–H groups in total. The number of carboxylic acid groups (broad SMARTS) is 1. The van der Waals surface area contributed by atoms with E-state index in [-0.39, 0.29) is 12.2 Å². The number of aromatic amines is 1. The number of benzene rings is 2. The summed E-state index contributed by atoms with van der Waals surface area (Å²) in [7, 11) is 0. The zero-order valence-electron chi connectivity index (χ0n) is 13.1. The largest absolute Gasteiger partial charge is 0.481 e. The molecule has 2 aromatic carbocycles. The number of halogens is 1. The molecular weight excluding hydrogens is 293 g/mol. The van der Waals surface area contributed by atoms with Gasteiger partial charge in [-0.1, -0.05) is 32.0 Å². The standard InChI is InChI=1S/C19H18FNO2/c1-11(2)14-4-3-5-15-16(10-17(22)23)18(21-19(14)15)12-6-8-13(20)9-7-12/h3-9,11,21H,10H2,1-2H3,(H,22,23). The van der Waals surface area contributed by atoms with Gasteiger partial charge in [0.15, 0.2) is 0 Å². The lowest BCUT2D eigenvalue weighted by Crippen LogP contribution is -2.01. The average molecular weight is 311 g/mol. The molecule has 0 bridgehead atoms. The second kappa shape index (κ2) is 5.88. The normalized spacial score (nSPS) is 11.3. The van der Waals surface area contributed by atoms with Crippen molar-refractivity contribution >= 4 is 16.9 Å². The number of hydrogen-bond donors (Lipinski definition) is 2. The van der Waals surface area contributed by atoms with Crippen molar-refractivity contribution in [2.45, 2.75) is 26.2 Å². The summed E-state index contributed by atoms with van der Waals surface area (Å²) in [4.78, 5) is 14.7. The molecule has 0 aliphatic rings.